The molecule has 0 radical (unpaired) electrons. The number of halogens is 3. The smallest absolute Gasteiger partial charge is 0.466 e. The summed E-state index contributed by atoms with van der Waals surface area (Å²) in [6.07, 6.45) is -7.09. The van der Waals surface area contributed by atoms with Gasteiger partial charge in [0.2, 0.25) is 27.2 Å². The lowest BCUT2D eigenvalue weighted by atomic mass is 9.86. The predicted molar refractivity (Wildman–Crippen MR) is 483 cm³/mol. The molecule has 4 aromatic heterocycles. The van der Waals surface area contributed by atoms with E-state index in [2.05, 4.69) is 147 Å². The maximum Gasteiger partial charge on any atom is 0.511 e. The van der Waals surface area contributed by atoms with Gasteiger partial charge in [-0.05, 0) is 152 Å². The summed E-state index contributed by atoms with van der Waals surface area (Å²) >= 11 is 1.57. The quantitative estimate of drug-likeness (QED) is 0.00920. The largest absolute Gasteiger partial charge is 0.511 e. The number of hydrogen-bond acceptors (Lipinski definition) is 28. The number of esters is 1. The first-order chi connectivity index (χ1) is 61.4. The van der Waals surface area contributed by atoms with Crippen molar-refractivity contribution in [3.8, 4) is 24.3 Å². The molecule has 4 aromatic carbocycles. The van der Waals surface area contributed by atoms with Crippen LogP contribution in [0.25, 0.3) is 45.3 Å². The zero-order valence-electron chi connectivity index (χ0n) is 78.1. The van der Waals surface area contributed by atoms with E-state index in [9.17, 15) is 58.2 Å². The minimum absolute atomic E-state index is 0.00317. The van der Waals surface area contributed by atoms with Crippen LogP contribution in [-0.4, -0.2) is 162 Å². The first-order valence-electron chi connectivity index (χ1n) is 41.4. The number of nitrogens with zero attached hydrogens (tertiary/aromatic N) is 12. The maximum atomic E-state index is 12.2. The molecule has 0 spiro atoms. The zero-order chi connectivity index (χ0) is 96.9. The molecule has 0 saturated heterocycles. The van der Waals surface area contributed by atoms with Crippen LogP contribution in [0.2, 0.25) is 0 Å². The standard InChI is InChI=1S/C24H29N3O6.C24H31N3O5.C24H31N3O4S.C23H26F3N3O4/c1-7-27-20(12-16(2)26-27)22(32-15-33-23(29)31-14-21(28)30-6)19(13-25)17-8-10-18(11-9-17)24(3,4)5;1-7-27-21(14-17(2)26-27)22(31-16-32-23(28)30-13-12-29-6)20(15-25)18-8-10-19(11-9-18)24(3,4)5;1-7-27-21(14-17(2)26-27)22(30-16-31-23(28)29-12-13-32-6)20(15-25)18-8-10-19(11-9-18)24(3,4)5;1-6-29-19(11-15(2)28-29)20(32-14-33-21(30)31-13-23(24,25)26)18(12-27)16-7-9-17(10-8-16)22(3,4)5/h8-12H,7,14-15H2,1-6H3;2*8-11,14H,7,12-13,16H2,1-6H3;7-11H,6,13-14H2,1-5H3/b22-19-;2*22-20-;20-18-. The summed E-state index contributed by atoms with van der Waals surface area (Å²) in [5.41, 5.74) is 13.3. The second kappa shape index (κ2) is 50.9. The second-order valence-electron chi connectivity index (χ2n) is 32.6. The molecule has 0 aliphatic rings. The first-order valence-corrected chi connectivity index (χ1v) is 42.8. The van der Waals surface area contributed by atoms with Crippen molar-refractivity contribution in [1.29, 1.82) is 21.0 Å². The summed E-state index contributed by atoms with van der Waals surface area (Å²) in [5.74, 6) is 0.829. The Hall–Kier alpha value is -13.5. The summed E-state index contributed by atoms with van der Waals surface area (Å²) in [6.45, 7) is 38.6. The van der Waals surface area contributed by atoms with E-state index in [0.29, 0.717) is 99.6 Å². The van der Waals surface area contributed by atoms with Crippen LogP contribution in [0.4, 0.5) is 32.3 Å². The van der Waals surface area contributed by atoms with Gasteiger partial charge in [0.25, 0.3) is 0 Å². The normalized spacial score (nSPS) is 12.1. The number of carbonyl (C=O) groups is 5. The Kier molecular flexibility index (Phi) is 41.9. The molecule has 0 atom stereocenters. The molecular formula is C95H117F3N12O19S. The van der Waals surface area contributed by atoms with Crippen molar-refractivity contribution in [3.05, 3.63) is 211 Å². The second-order valence-corrected chi connectivity index (χ2v) is 33.6. The zero-order valence-corrected chi connectivity index (χ0v) is 78.9. The van der Waals surface area contributed by atoms with Gasteiger partial charge < -0.3 is 66.3 Å². The minimum Gasteiger partial charge on any atom is -0.466 e. The van der Waals surface area contributed by atoms with E-state index in [1.54, 1.807) is 61.7 Å². The van der Waals surface area contributed by atoms with Crippen LogP contribution < -0.4 is 0 Å². The summed E-state index contributed by atoms with van der Waals surface area (Å²) in [6, 6.07) is 46.6. The molecule has 0 fully saturated rings. The SMILES string of the molecule is CCn1nc(C)cc1/C(OCOC(=O)OCC(=O)OC)=C(\C#N)c1ccc(C(C)(C)C)cc1.CCn1nc(C)cc1/C(OCOC(=O)OCC(F)(F)F)=C(\C#N)c1ccc(C(C)(C)C)cc1.CCn1nc(C)cc1/C(OCOC(=O)OCCOC)=C(\C#N)c1ccc(C(C)(C)C)cc1.CCn1nc(C)cc1/C(OCOC(=O)OCCSC)=C(\C#N)c1ccc(C(C)(C)C)cc1. The fraction of sp³-hybridized carbons (Fsp3) is 0.442. The van der Waals surface area contributed by atoms with Crippen LogP contribution in [0, 0.1) is 73.0 Å². The van der Waals surface area contributed by atoms with Crippen molar-refractivity contribution < 1.29 is 103 Å². The number of alkyl halides is 3. The lowest BCUT2D eigenvalue weighted by Crippen LogP contribution is -2.21. The highest BCUT2D eigenvalue weighted by molar-refractivity contribution is 7.98. The third-order valence-corrected chi connectivity index (χ3v) is 19.3. The molecule has 0 saturated carbocycles. The molecule has 35 heteroatoms. The van der Waals surface area contributed by atoms with Gasteiger partial charge in [-0.15, -0.1) is 0 Å². The average molecular weight is 1820 g/mol. The van der Waals surface area contributed by atoms with E-state index in [1.165, 1.54) is 14.2 Å². The van der Waals surface area contributed by atoms with Gasteiger partial charge in [-0.1, -0.05) is 180 Å². The highest BCUT2D eigenvalue weighted by Gasteiger charge is 2.32. The Labute approximate surface area is 762 Å². The van der Waals surface area contributed by atoms with E-state index < -0.39 is 70.4 Å². The van der Waals surface area contributed by atoms with Crippen LogP contribution in [0.15, 0.2) is 121 Å². The van der Waals surface area contributed by atoms with Crippen molar-refractivity contribution in [2.45, 2.75) is 192 Å². The molecule has 4 heterocycles. The predicted octanol–water partition coefficient (Wildman–Crippen LogP) is 19.9. The molecule has 0 aliphatic heterocycles. The summed E-state index contributed by atoms with van der Waals surface area (Å²) in [4.78, 5) is 57.8. The number of ether oxygens (including phenoxy) is 14. The topological polar surface area (TPSA) is 381 Å². The molecule has 0 amide bonds. The number of rotatable bonds is 33. The molecule has 0 N–H and O–H groups in total. The van der Waals surface area contributed by atoms with Gasteiger partial charge in [-0.25, -0.2) is 24.0 Å². The van der Waals surface area contributed by atoms with E-state index in [-0.39, 0.29) is 76.7 Å². The summed E-state index contributed by atoms with van der Waals surface area (Å²) < 4.78 is 114. The van der Waals surface area contributed by atoms with Gasteiger partial charge in [0.15, 0.2) is 36.3 Å². The molecule has 8 rings (SSSR count). The van der Waals surface area contributed by atoms with Crippen LogP contribution in [0.3, 0.4) is 0 Å². The highest BCUT2D eigenvalue weighted by Crippen LogP contribution is 2.36. The number of aryl methyl sites for hydroxylation is 8. The molecular weight excluding hydrogens is 1700 g/mol. The minimum atomic E-state index is -4.68. The third-order valence-electron chi connectivity index (χ3n) is 18.7. The van der Waals surface area contributed by atoms with Crippen molar-refractivity contribution >= 4 is 87.7 Å². The highest BCUT2D eigenvalue weighted by atomic mass is 32.2. The lowest BCUT2D eigenvalue weighted by molar-refractivity contribution is -0.167. The molecule has 130 heavy (non-hydrogen) atoms. The first kappa shape index (κ1) is 107. The van der Waals surface area contributed by atoms with Gasteiger partial charge in [0, 0.05) is 39.0 Å². The van der Waals surface area contributed by atoms with Crippen molar-refractivity contribution in [2.24, 2.45) is 0 Å². The number of aromatic nitrogens is 8. The van der Waals surface area contributed by atoms with Gasteiger partial charge in [0.1, 0.15) is 82.6 Å². The third kappa shape index (κ3) is 33.6. The molecule has 8 aromatic rings. The molecule has 0 unspecified atom stereocenters. The number of hydrogen-bond donors (Lipinski definition) is 0. The Bertz CT molecular complexity index is 5240. The number of nitriles is 4. The number of methoxy groups -OCH3 is 2. The van der Waals surface area contributed by atoms with Crippen LogP contribution in [-0.2, 0) is 119 Å². The number of thioether (sulfide) groups is 1. The van der Waals surface area contributed by atoms with E-state index >= 15 is 0 Å². The van der Waals surface area contributed by atoms with Crippen LogP contribution in [0.5, 0.6) is 0 Å². The van der Waals surface area contributed by atoms with Gasteiger partial charge in [-0.2, -0.15) is 66.4 Å². The van der Waals surface area contributed by atoms with Crippen molar-refractivity contribution in [3.63, 3.8) is 0 Å². The monoisotopic (exact) mass is 1820 g/mol. The van der Waals surface area contributed by atoms with Crippen LogP contribution in [0.1, 0.15) is 201 Å². The lowest BCUT2D eigenvalue weighted by Gasteiger charge is -2.19. The number of benzene rings is 4. The average Bonchev–Trinajstić information content (AvgIpc) is 1.70. The molecule has 0 aliphatic carbocycles. The summed E-state index contributed by atoms with van der Waals surface area (Å²) in [5, 5.41) is 57.6. The summed E-state index contributed by atoms with van der Waals surface area (Å²) in [7, 11) is 2.68. The maximum absolute atomic E-state index is 12.2. The van der Waals surface area contributed by atoms with Crippen LogP contribution >= 0.6 is 11.8 Å². The Morgan fingerprint density at radius 1 is 0.362 bits per heavy atom. The molecule has 31 nitrogen and oxygen atoms in total. The van der Waals surface area contributed by atoms with E-state index in [1.807, 2.05) is 152 Å². The van der Waals surface area contributed by atoms with Gasteiger partial charge in [-0.3, -0.25) is 18.7 Å². The van der Waals surface area contributed by atoms with Crippen molar-refractivity contribution in [1.82, 2.24) is 39.1 Å². The van der Waals surface area contributed by atoms with Gasteiger partial charge >= 0.3 is 36.8 Å². The molecule has 0 bridgehead atoms. The molecule has 698 valence electrons. The number of carbonyl (C=O) groups excluding carboxylic acids is 5. The van der Waals surface area contributed by atoms with Crippen molar-refractivity contribution in [2.75, 3.05) is 86.4 Å². The number of allylic oxidation sites excluding steroid dienone is 4. The fourth-order valence-electron chi connectivity index (χ4n) is 12.0. The Morgan fingerprint density at radius 3 is 0.823 bits per heavy atom. The Morgan fingerprint density at radius 2 is 0.608 bits per heavy atom. The van der Waals surface area contributed by atoms with Gasteiger partial charge in [0.05, 0.1) is 36.5 Å². The Balaban J connectivity index is 0.000000307. The van der Waals surface area contributed by atoms with E-state index in [0.717, 1.165) is 39.3 Å². The van der Waals surface area contributed by atoms with E-state index in [4.69, 9.17) is 47.4 Å². The fourth-order valence-corrected chi connectivity index (χ4v) is 12.2.